The van der Waals surface area contributed by atoms with Crippen LogP contribution in [0.25, 0.3) is 0 Å². The Labute approximate surface area is 167 Å². The molecule has 0 aliphatic carbocycles. The van der Waals surface area contributed by atoms with E-state index in [2.05, 4.69) is 27.4 Å². The fourth-order valence-electron chi connectivity index (χ4n) is 3.86. The van der Waals surface area contributed by atoms with E-state index in [0.29, 0.717) is 25.4 Å². The maximum atomic E-state index is 12.2. The minimum absolute atomic E-state index is 0.519. The van der Waals surface area contributed by atoms with Gasteiger partial charge in [-0.05, 0) is 56.5 Å². The lowest BCUT2D eigenvalue weighted by atomic mass is 10.0. The molecule has 0 aromatic heterocycles. The summed E-state index contributed by atoms with van der Waals surface area (Å²) < 4.78 is 5.37. The van der Waals surface area contributed by atoms with E-state index in [9.17, 15) is 9.59 Å². The number of carbonyl (C=O) groups excluding carboxylic acids is 2. The summed E-state index contributed by atoms with van der Waals surface area (Å²) in [5.74, 6) is -0.447. The Morgan fingerprint density at radius 3 is 2.79 bits per heavy atom. The second-order valence-corrected chi connectivity index (χ2v) is 7.76. The predicted octanol–water partition coefficient (Wildman–Crippen LogP) is 1.70. The molecule has 1 unspecified atom stereocenters. The number of amides is 2. The first-order valence-electron chi connectivity index (χ1n) is 10.4. The molecule has 2 N–H and O–H groups in total. The number of rotatable bonds is 6. The summed E-state index contributed by atoms with van der Waals surface area (Å²) in [4.78, 5) is 28.9. The first kappa shape index (κ1) is 20.6. The Balaban J connectivity index is 1.39. The van der Waals surface area contributed by atoms with Gasteiger partial charge in [0.25, 0.3) is 0 Å². The van der Waals surface area contributed by atoms with Gasteiger partial charge in [0.05, 0.1) is 13.2 Å². The first-order valence-corrected chi connectivity index (χ1v) is 10.4. The number of nitrogens with one attached hydrogen (secondary N) is 2. The SMILES string of the molecule is CC1CCCN(CCCNC(=O)C(=O)Nc2cccc(N3CCOCC3)c2)C1. The molecule has 2 fully saturated rings. The summed E-state index contributed by atoms with van der Waals surface area (Å²) in [6.45, 7) is 9.10. The summed E-state index contributed by atoms with van der Waals surface area (Å²) in [6.07, 6.45) is 3.41. The van der Waals surface area contributed by atoms with Gasteiger partial charge in [0.15, 0.2) is 0 Å². The average Bonchev–Trinajstić information content (AvgIpc) is 2.72. The Kier molecular flexibility index (Phi) is 7.68. The van der Waals surface area contributed by atoms with Crippen LogP contribution in [0.5, 0.6) is 0 Å². The van der Waals surface area contributed by atoms with Crippen molar-refractivity contribution in [2.24, 2.45) is 5.92 Å². The average molecular weight is 389 g/mol. The zero-order chi connectivity index (χ0) is 19.8. The Hall–Kier alpha value is -2.12. The van der Waals surface area contributed by atoms with Gasteiger partial charge in [0.2, 0.25) is 0 Å². The number of benzene rings is 1. The van der Waals surface area contributed by atoms with Crippen LogP contribution in [0.2, 0.25) is 0 Å². The van der Waals surface area contributed by atoms with Crippen molar-refractivity contribution < 1.29 is 14.3 Å². The van der Waals surface area contributed by atoms with E-state index in [4.69, 9.17) is 4.74 Å². The summed E-state index contributed by atoms with van der Waals surface area (Å²) in [7, 11) is 0. The maximum absolute atomic E-state index is 12.2. The number of nitrogens with zero attached hydrogens (tertiary/aromatic N) is 2. The number of likely N-dealkylation sites (tertiary alicyclic amines) is 1. The second-order valence-electron chi connectivity index (χ2n) is 7.76. The number of morpholine rings is 1. The van der Waals surface area contributed by atoms with E-state index < -0.39 is 11.8 Å². The number of carbonyl (C=O) groups is 2. The molecule has 154 valence electrons. The highest BCUT2D eigenvalue weighted by Gasteiger charge is 2.17. The fourth-order valence-corrected chi connectivity index (χ4v) is 3.86. The minimum Gasteiger partial charge on any atom is -0.378 e. The van der Waals surface area contributed by atoms with Crippen molar-refractivity contribution in [2.45, 2.75) is 26.2 Å². The zero-order valence-electron chi connectivity index (χ0n) is 16.8. The van der Waals surface area contributed by atoms with Gasteiger partial charge < -0.3 is 25.2 Å². The summed E-state index contributed by atoms with van der Waals surface area (Å²) >= 11 is 0. The molecule has 2 amide bonds. The fraction of sp³-hybridized carbons (Fsp3) is 0.619. The highest BCUT2D eigenvalue weighted by molar-refractivity contribution is 6.39. The van der Waals surface area contributed by atoms with Crippen LogP contribution in [-0.4, -0.2) is 69.2 Å². The number of ether oxygens (including phenoxy) is 1. The van der Waals surface area contributed by atoms with Gasteiger partial charge in [-0.1, -0.05) is 13.0 Å². The lowest BCUT2D eigenvalue weighted by molar-refractivity contribution is -0.136. The lowest BCUT2D eigenvalue weighted by Crippen LogP contribution is -2.39. The van der Waals surface area contributed by atoms with Crippen LogP contribution in [0.1, 0.15) is 26.2 Å². The Bertz CT molecular complexity index is 661. The molecule has 0 spiro atoms. The van der Waals surface area contributed by atoms with Gasteiger partial charge in [0, 0.05) is 37.6 Å². The summed E-state index contributed by atoms with van der Waals surface area (Å²) in [5.41, 5.74) is 1.66. The van der Waals surface area contributed by atoms with Gasteiger partial charge in [-0.25, -0.2) is 0 Å². The largest absolute Gasteiger partial charge is 0.378 e. The quantitative estimate of drug-likeness (QED) is 0.573. The standard InChI is InChI=1S/C21H32N4O3/c1-17-5-3-9-24(16-17)10-4-8-22-20(26)21(27)23-18-6-2-7-19(15-18)25-11-13-28-14-12-25/h2,6-7,15,17H,3-5,8-14,16H2,1H3,(H,22,26)(H,23,27). The minimum atomic E-state index is -0.620. The van der Waals surface area contributed by atoms with Gasteiger partial charge in [-0.2, -0.15) is 0 Å². The molecule has 2 aliphatic rings. The van der Waals surface area contributed by atoms with Crippen molar-refractivity contribution in [2.75, 3.05) is 62.7 Å². The third kappa shape index (κ3) is 6.21. The van der Waals surface area contributed by atoms with Gasteiger partial charge >= 0.3 is 11.8 Å². The van der Waals surface area contributed by atoms with Crippen molar-refractivity contribution >= 4 is 23.2 Å². The molecule has 3 rings (SSSR count). The molecule has 0 radical (unpaired) electrons. The zero-order valence-corrected chi connectivity index (χ0v) is 16.8. The normalized spacial score (nSPS) is 20.6. The highest BCUT2D eigenvalue weighted by Crippen LogP contribution is 2.20. The summed E-state index contributed by atoms with van der Waals surface area (Å²) in [5, 5.41) is 5.42. The van der Waals surface area contributed by atoms with Crippen molar-refractivity contribution in [1.29, 1.82) is 0 Å². The van der Waals surface area contributed by atoms with Crippen LogP contribution >= 0.6 is 0 Å². The molecule has 2 heterocycles. The van der Waals surface area contributed by atoms with Crippen molar-refractivity contribution in [3.63, 3.8) is 0 Å². The van der Waals surface area contributed by atoms with Gasteiger partial charge in [-0.3, -0.25) is 9.59 Å². The van der Waals surface area contributed by atoms with Gasteiger partial charge in [0.1, 0.15) is 0 Å². The van der Waals surface area contributed by atoms with E-state index in [1.54, 1.807) is 6.07 Å². The van der Waals surface area contributed by atoms with Crippen LogP contribution in [-0.2, 0) is 14.3 Å². The van der Waals surface area contributed by atoms with Crippen molar-refractivity contribution in [3.8, 4) is 0 Å². The molecule has 7 nitrogen and oxygen atoms in total. The Morgan fingerprint density at radius 1 is 1.18 bits per heavy atom. The molecule has 0 saturated carbocycles. The molecular weight excluding hydrogens is 356 g/mol. The topological polar surface area (TPSA) is 73.9 Å². The third-order valence-electron chi connectivity index (χ3n) is 5.36. The third-order valence-corrected chi connectivity index (χ3v) is 5.36. The highest BCUT2D eigenvalue weighted by atomic mass is 16.5. The Morgan fingerprint density at radius 2 is 2.00 bits per heavy atom. The van der Waals surface area contributed by atoms with E-state index in [-0.39, 0.29) is 0 Å². The predicted molar refractivity (Wildman–Crippen MR) is 111 cm³/mol. The number of hydrogen-bond donors (Lipinski definition) is 2. The number of hydrogen-bond acceptors (Lipinski definition) is 5. The van der Waals surface area contributed by atoms with E-state index in [1.807, 2.05) is 18.2 Å². The number of anilines is 2. The molecule has 28 heavy (non-hydrogen) atoms. The lowest BCUT2D eigenvalue weighted by Gasteiger charge is -2.30. The number of piperidine rings is 1. The van der Waals surface area contributed by atoms with Crippen molar-refractivity contribution in [3.05, 3.63) is 24.3 Å². The van der Waals surface area contributed by atoms with E-state index >= 15 is 0 Å². The molecule has 1 atom stereocenters. The molecule has 1 aromatic carbocycles. The van der Waals surface area contributed by atoms with Crippen LogP contribution in [0.15, 0.2) is 24.3 Å². The van der Waals surface area contributed by atoms with Crippen LogP contribution < -0.4 is 15.5 Å². The van der Waals surface area contributed by atoms with E-state index in [0.717, 1.165) is 50.7 Å². The monoisotopic (exact) mass is 388 g/mol. The first-order chi connectivity index (χ1) is 13.6. The van der Waals surface area contributed by atoms with Crippen molar-refractivity contribution in [1.82, 2.24) is 10.2 Å². The molecule has 2 saturated heterocycles. The molecule has 1 aromatic rings. The molecule has 0 bridgehead atoms. The smallest absolute Gasteiger partial charge is 0.313 e. The van der Waals surface area contributed by atoms with Gasteiger partial charge in [-0.15, -0.1) is 0 Å². The molecule has 7 heteroatoms. The maximum Gasteiger partial charge on any atom is 0.313 e. The van der Waals surface area contributed by atoms with Crippen LogP contribution in [0.3, 0.4) is 0 Å². The summed E-state index contributed by atoms with van der Waals surface area (Å²) in [6, 6.07) is 7.58. The van der Waals surface area contributed by atoms with E-state index in [1.165, 1.54) is 12.8 Å². The molecular formula is C21H32N4O3. The second kappa shape index (κ2) is 10.4. The van der Waals surface area contributed by atoms with Crippen LogP contribution in [0, 0.1) is 5.92 Å². The van der Waals surface area contributed by atoms with Crippen LogP contribution in [0.4, 0.5) is 11.4 Å². The molecule has 2 aliphatic heterocycles.